The van der Waals surface area contributed by atoms with Gasteiger partial charge < -0.3 is 10.6 Å². The van der Waals surface area contributed by atoms with Crippen LogP contribution in [0.25, 0.3) is 0 Å². The summed E-state index contributed by atoms with van der Waals surface area (Å²) in [6, 6.07) is 1.63. The van der Waals surface area contributed by atoms with Gasteiger partial charge in [-0.1, -0.05) is 0 Å². The van der Waals surface area contributed by atoms with E-state index in [-0.39, 0.29) is 0 Å². The van der Waals surface area contributed by atoms with E-state index in [0.717, 1.165) is 12.1 Å². The van der Waals surface area contributed by atoms with Gasteiger partial charge in [0, 0.05) is 18.6 Å². The number of rotatable bonds is 0. The Hall–Kier alpha value is -0.0800. The second-order valence-corrected chi connectivity index (χ2v) is 3.13. The summed E-state index contributed by atoms with van der Waals surface area (Å²) in [5, 5.41) is 7.01. The average molecular weight is 126 g/mol. The van der Waals surface area contributed by atoms with Crippen molar-refractivity contribution in [2.75, 3.05) is 13.1 Å². The fourth-order valence-electron chi connectivity index (χ4n) is 1.84. The molecule has 0 amide bonds. The van der Waals surface area contributed by atoms with Gasteiger partial charge in [0.15, 0.2) is 0 Å². The van der Waals surface area contributed by atoms with Crippen molar-refractivity contribution >= 4 is 0 Å². The predicted molar refractivity (Wildman–Crippen MR) is 37.4 cm³/mol. The van der Waals surface area contributed by atoms with Crippen LogP contribution >= 0.6 is 0 Å². The Kier molecular flexibility index (Phi) is 1.44. The standard InChI is InChI=1S/C7H14N2/c1-2-7-5-8-4-3-6(1)9-7/h6-9H,1-5H2/t6-,7?/m1/s1. The first-order valence-electron chi connectivity index (χ1n) is 3.92. The van der Waals surface area contributed by atoms with Gasteiger partial charge in [-0.15, -0.1) is 0 Å². The fraction of sp³-hybridized carbons (Fsp3) is 1.00. The number of nitrogens with one attached hydrogen (secondary N) is 2. The van der Waals surface area contributed by atoms with Crippen LogP contribution in [0.2, 0.25) is 0 Å². The molecule has 0 radical (unpaired) electrons. The fourth-order valence-corrected chi connectivity index (χ4v) is 1.84. The maximum Gasteiger partial charge on any atom is 0.0195 e. The van der Waals surface area contributed by atoms with Gasteiger partial charge >= 0.3 is 0 Å². The molecule has 2 N–H and O–H groups in total. The van der Waals surface area contributed by atoms with Crippen molar-refractivity contribution in [3.8, 4) is 0 Å². The maximum absolute atomic E-state index is 3.59. The molecule has 0 aliphatic carbocycles. The SMILES string of the molecule is C1C[C@H]2CCC(CN1)N2. The van der Waals surface area contributed by atoms with E-state index in [9.17, 15) is 0 Å². The third kappa shape index (κ3) is 1.10. The first-order chi connectivity index (χ1) is 4.45. The molecule has 0 aromatic carbocycles. The van der Waals surface area contributed by atoms with Crippen molar-refractivity contribution in [1.82, 2.24) is 10.6 Å². The van der Waals surface area contributed by atoms with E-state index < -0.39 is 0 Å². The Bertz CT molecular complexity index is 91.1. The van der Waals surface area contributed by atoms with Crippen molar-refractivity contribution in [3.63, 3.8) is 0 Å². The zero-order valence-electron chi connectivity index (χ0n) is 5.69. The van der Waals surface area contributed by atoms with Crippen LogP contribution < -0.4 is 10.6 Å². The molecule has 0 saturated carbocycles. The number of hydrogen-bond acceptors (Lipinski definition) is 2. The minimum atomic E-state index is 0.789. The lowest BCUT2D eigenvalue weighted by molar-refractivity contribution is 0.563. The van der Waals surface area contributed by atoms with Crippen LogP contribution in [0.15, 0.2) is 0 Å². The largest absolute Gasteiger partial charge is 0.315 e. The molecule has 9 heavy (non-hydrogen) atoms. The lowest BCUT2D eigenvalue weighted by atomic mass is 10.1. The van der Waals surface area contributed by atoms with E-state index in [2.05, 4.69) is 10.6 Å². The first-order valence-corrected chi connectivity index (χ1v) is 3.92. The zero-order chi connectivity index (χ0) is 6.10. The highest BCUT2D eigenvalue weighted by atomic mass is 15.1. The minimum absolute atomic E-state index is 0.789. The first kappa shape index (κ1) is 5.69. The molecule has 0 spiro atoms. The second-order valence-electron chi connectivity index (χ2n) is 3.13. The Balaban J connectivity index is 1.99. The van der Waals surface area contributed by atoms with Gasteiger partial charge in [-0.05, 0) is 25.8 Å². The molecule has 2 aliphatic rings. The van der Waals surface area contributed by atoms with Crippen molar-refractivity contribution in [2.45, 2.75) is 31.3 Å². The van der Waals surface area contributed by atoms with Gasteiger partial charge in [0.25, 0.3) is 0 Å². The summed E-state index contributed by atoms with van der Waals surface area (Å²) >= 11 is 0. The molecule has 52 valence electrons. The Morgan fingerprint density at radius 2 is 1.89 bits per heavy atom. The smallest absolute Gasteiger partial charge is 0.0195 e. The lowest BCUT2D eigenvalue weighted by Crippen LogP contribution is -2.32. The molecule has 2 nitrogen and oxygen atoms in total. The van der Waals surface area contributed by atoms with Gasteiger partial charge in [0.1, 0.15) is 0 Å². The molecule has 2 rings (SSSR count). The van der Waals surface area contributed by atoms with E-state index in [1.165, 1.54) is 32.4 Å². The highest BCUT2D eigenvalue weighted by Crippen LogP contribution is 2.15. The molecule has 2 atom stereocenters. The number of hydrogen-bond donors (Lipinski definition) is 2. The van der Waals surface area contributed by atoms with Crippen LogP contribution in [0.3, 0.4) is 0 Å². The van der Waals surface area contributed by atoms with Gasteiger partial charge in [0.2, 0.25) is 0 Å². The van der Waals surface area contributed by atoms with Crippen molar-refractivity contribution < 1.29 is 0 Å². The summed E-state index contributed by atoms with van der Waals surface area (Å²) in [5.74, 6) is 0. The monoisotopic (exact) mass is 126 g/mol. The Morgan fingerprint density at radius 3 is 2.89 bits per heavy atom. The highest BCUT2D eigenvalue weighted by molar-refractivity contribution is 4.87. The summed E-state index contributed by atoms with van der Waals surface area (Å²) in [4.78, 5) is 0. The predicted octanol–water partition coefficient (Wildman–Crippen LogP) is 0.100. The minimum Gasteiger partial charge on any atom is -0.315 e. The molecular weight excluding hydrogens is 112 g/mol. The maximum atomic E-state index is 3.59. The summed E-state index contributed by atoms with van der Waals surface area (Å²) in [6.45, 7) is 2.41. The molecule has 0 aromatic rings. The lowest BCUT2D eigenvalue weighted by Gasteiger charge is -2.06. The normalized spacial score (nSPS) is 42.7. The van der Waals surface area contributed by atoms with E-state index >= 15 is 0 Å². The van der Waals surface area contributed by atoms with Crippen LogP contribution in [-0.4, -0.2) is 25.2 Å². The van der Waals surface area contributed by atoms with Gasteiger partial charge in [-0.3, -0.25) is 0 Å². The van der Waals surface area contributed by atoms with E-state index in [1.54, 1.807) is 0 Å². The van der Waals surface area contributed by atoms with Gasteiger partial charge in [-0.25, -0.2) is 0 Å². The Labute approximate surface area is 56.0 Å². The van der Waals surface area contributed by atoms with Crippen molar-refractivity contribution in [1.29, 1.82) is 0 Å². The highest BCUT2D eigenvalue weighted by Gasteiger charge is 2.24. The summed E-state index contributed by atoms with van der Waals surface area (Å²) in [7, 11) is 0. The van der Waals surface area contributed by atoms with Crippen LogP contribution in [0.4, 0.5) is 0 Å². The van der Waals surface area contributed by atoms with Gasteiger partial charge in [0.05, 0.1) is 0 Å². The van der Waals surface area contributed by atoms with E-state index in [0.29, 0.717) is 0 Å². The molecule has 2 heteroatoms. The molecule has 2 saturated heterocycles. The summed E-state index contributed by atoms with van der Waals surface area (Å²) in [5.41, 5.74) is 0. The summed E-state index contributed by atoms with van der Waals surface area (Å²) < 4.78 is 0. The third-order valence-electron chi connectivity index (χ3n) is 2.40. The van der Waals surface area contributed by atoms with E-state index in [4.69, 9.17) is 0 Å². The molecule has 2 bridgehead atoms. The van der Waals surface area contributed by atoms with Crippen molar-refractivity contribution in [2.24, 2.45) is 0 Å². The van der Waals surface area contributed by atoms with E-state index in [1.807, 2.05) is 0 Å². The van der Waals surface area contributed by atoms with Gasteiger partial charge in [-0.2, -0.15) is 0 Å². The molecule has 2 heterocycles. The Morgan fingerprint density at radius 1 is 1.00 bits per heavy atom. The van der Waals surface area contributed by atoms with Crippen molar-refractivity contribution in [3.05, 3.63) is 0 Å². The average Bonchev–Trinajstić information content (AvgIpc) is 2.09. The quantitative estimate of drug-likeness (QED) is 0.481. The van der Waals surface area contributed by atoms with Crippen LogP contribution in [-0.2, 0) is 0 Å². The molecular formula is C7H14N2. The van der Waals surface area contributed by atoms with Crippen LogP contribution in [0.5, 0.6) is 0 Å². The molecule has 2 aliphatic heterocycles. The topological polar surface area (TPSA) is 24.1 Å². The number of fused-ring (bicyclic) bond motifs is 2. The van der Waals surface area contributed by atoms with Crippen LogP contribution in [0, 0.1) is 0 Å². The van der Waals surface area contributed by atoms with Crippen LogP contribution in [0.1, 0.15) is 19.3 Å². The molecule has 2 fully saturated rings. The third-order valence-corrected chi connectivity index (χ3v) is 2.40. The zero-order valence-corrected chi connectivity index (χ0v) is 5.69. The second kappa shape index (κ2) is 2.27. The summed E-state index contributed by atoms with van der Waals surface area (Å²) in [6.07, 6.45) is 4.13. The molecule has 0 aromatic heterocycles. The molecule has 1 unspecified atom stereocenters.